The molecule has 21 heavy (non-hydrogen) atoms. The predicted molar refractivity (Wildman–Crippen MR) is 83.0 cm³/mol. The van der Waals surface area contributed by atoms with Gasteiger partial charge in [-0.2, -0.15) is 0 Å². The SMILES string of the molecule is CCCOc1nc(C)c(B2OC(C)(C)C(C)(C)O2)c(C)n1. The van der Waals surface area contributed by atoms with Crippen molar-refractivity contribution in [3.8, 4) is 6.01 Å². The topological polar surface area (TPSA) is 53.5 Å². The first-order valence-electron chi connectivity index (χ1n) is 7.51. The molecule has 1 aliphatic heterocycles. The lowest BCUT2D eigenvalue weighted by Crippen LogP contribution is -2.41. The Balaban J connectivity index is 2.30. The normalized spacial score (nSPS) is 19.9. The van der Waals surface area contributed by atoms with Crippen LogP contribution in [0.25, 0.3) is 0 Å². The fourth-order valence-corrected chi connectivity index (χ4v) is 2.25. The smallest absolute Gasteiger partial charge is 0.463 e. The van der Waals surface area contributed by atoms with Crippen molar-refractivity contribution in [3.05, 3.63) is 11.4 Å². The van der Waals surface area contributed by atoms with Crippen LogP contribution in [-0.4, -0.2) is 34.9 Å². The molecule has 5 nitrogen and oxygen atoms in total. The van der Waals surface area contributed by atoms with Gasteiger partial charge in [-0.3, -0.25) is 0 Å². The Hall–Kier alpha value is -1.14. The van der Waals surface area contributed by atoms with Crippen molar-refractivity contribution in [2.75, 3.05) is 6.61 Å². The molecule has 0 aliphatic carbocycles. The van der Waals surface area contributed by atoms with Gasteiger partial charge in [0, 0.05) is 16.9 Å². The zero-order valence-corrected chi connectivity index (χ0v) is 14.1. The van der Waals surface area contributed by atoms with Gasteiger partial charge in [-0.15, -0.1) is 0 Å². The summed E-state index contributed by atoms with van der Waals surface area (Å²) in [6.07, 6.45) is 0.931. The molecule has 6 heteroatoms. The van der Waals surface area contributed by atoms with E-state index >= 15 is 0 Å². The molecule has 1 saturated heterocycles. The van der Waals surface area contributed by atoms with E-state index in [9.17, 15) is 0 Å². The van der Waals surface area contributed by atoms with Crippen LogP contribution in [0.2, 0.25) is 0 Å². The molecule has 0 radical (unpaired) electrons. The van der Waals surface area contributed by atoms with Crippen LogP contribution >= 0.6 is 0 Å². The van der Waals surface area contributed by atoms with E-state index in [-0.39, 0.29) is 11.2 Å². The third-order valence-electron chi connectivity index (χ3n) is 4.23. The molecule has 1 fully saturated rings. The van der Waals surface area contributed by atoms with Gasteiger partial charge in [-0.1, -0.05) is 6.92 Å². The molecule has 1 aromatic heterocycles. The Labute approximate surface area is 127 Å². The summed E-state index contributed by atoms with van der Waals surface area (Å²) < 4.78 is 17.7. The molecule has 0 amide bonds. The maximum atomic E-state index is 6.09. The second-order valence-corrected chi connectivity index (χ2v) is 6.53. The van der Waals surface area contributed by atoms with Gasteiger partial charge in [0.1, 0.15) is 0 Å². The summed E-state index contributed by atoms with van der Waals surface area (Å²) in [7, 11) is -0.435. The zero-order chi connectivity index (χ0) is 15.8. The Bertz CT molecular complexity index is 493. The molecule has 116 valence electrons. The van der Waals surface area contributed by atoms with Crippen LogP contribution in [0.5, 0.6) is 6.01 Å². The first-order valence-corrected chi connectivity index (χ1v) is 7.51. The second kappa shape index (κ2) is 5.57. The highest BCUT2D eigenvalue weighted by molar-refractivity contribution is 6.63. The van der Waals surface area contributed by atoms with Crippen molar-refractivity contribution < 1.29 is 14.0 Å². The van der Waals surface area contributed by atoms with Gasteiger partial charge in [-0.25, -0.2) is 9.97 Å². The van der Waals surface area contributed by atoms with Gasteiger partial charge >= 0.3 is 13.1 Å². The lowest BCUT2D eigenvalue weighted by atomic mass is 9.77. The average molecular weight is 292 g/mol. The van der Waals surface area contributed by atoms with E-state index in [1.54, 1.807) is 0 Å². The summed E-state index contributed by atoms with van der Waals surface area (Å²) in [6.45, 7) is 14.7. The second-order valence-electron chi connectivity index (χ2n) is 6.53. The molecule has 0 aromatic carbocycles. The van der Waals surface area contributed by atoms with Gasteiger partial charge in [0.25, 0.3) is 0 Å². The third kappa shape index (κ3) is 3.06. The molecule has 0 saturated carbocycles. The Kier molecular flexibility index (Phi) is 4.31. The van der Waals surface area contributed by atoms with Crippen molar-refractivity contribution in [1.82, 2.24) is 9.97 Å². The van der Waals surface area contributed by atoms with Crippen LogP contribution < -0.4 is 10.2 Å². The maximum Gasteiger partial charge on any atom is 0.498 e. The van der Waals surface area contributed by atoms with Crippen LogP contribution in [0, 0.1) is 13.8 Å². The highest BCUT2D eigenvalue weighted by atomic mass is 16.7. The first kappa shape index (κ1) is 16.2. The van der Waals surface area contributed by atoms with E-state index in [1.807, 2.05) is 41.5 Å². The van der Waals surface area contributed by atoms with E-state index in [2.05, 4.69) is 16.9 Å². The molecule has 0 spiro atoms. The van der Waals surface area contributed by atoms with E-state index < -0.39 is 7.12 Å². The Morgan fingerprint density at radius 3 is 1.90 bits per heavy atom. The molecule has 2 rings (SSSR count). The Morgan fingerprint density at radius 1 is 1.00 bits per heavy atom. The standard InChI is InChI=1S/C15H25BN2O3/c1-8-9-19-13-17-10(2)12(11(3)18-13)16-20-14(4,5)15(6,7)21-16/h8-9H2,1-7H3. The Morgan fingerprint density at radius 2 is 1.48 bits per heavy atom. The molecular formula is C15H25BN2O3. The summed E-state index contributed by atoms with van der Waals surface area (Å²) >= 11 is 0. The quantitative estimate of drug-likeness (QED) is 0.796. The number of ether oxygens (including phenoxy) is 1. The molecule has 1 aromatic rings. The zero-order valence-electron chi connectivity index (χ0n) is 14.1. The van der Waals surface area contributed by atoms with Gasteiger partial charge in [-0.05, 0) is 48.0 Å². The summed E-state index contributed by atoms with van der Waals surface area (Å²) in [5.41, 5.74) is 1.85. The lowest BCUT2D eigenvalue weighted by molar-refractivity contribution is 0.00578. The maximum absolute atomic E-state index is 6.09. The monoisotopic (exact) mass is 292 g/mol. The van der Waals surface area contributed by atoms with Crippen molar-refractivity contribution in [1.29, 1.82) is 0 Å². The molecule has 0 atom stereocenters. The van der Waals surface area contributed by atoms with Gasteiger partial charge in [0.2, 0.25) is 0 Å². The highest BCUT2D eigenvalue weighted by Gasteiger charge is 2.52. The summed E-state index contributed by atoms with van der Waals surface area (Å²) in [5.74, 6) is 0. The highest BCUT2D eigenvalue weighted by Crippen LogP contribution is 2.36. The summed E-state index contributed by atoms with van der Waals surface area (Å²) in [6, 6.07) is 0.423. The van der Waals surface area contributed by atoms with Crippen molar-refractivity contribution in [3.63, 3.8) is 0 Å². The molecular weight excluding hydrogens is 267 g/mol. The lowest BCUT2D eigenvalue weighted by Gasteiger charge is -2.32. The third-order valence-corrected chi connectivity index (χ3v) is 4.23. The number of aromatic nitrogens is 2. The predicted octanol–water partition coefficient (Wildman–Crippen LogP) is 2.18. The number of hydrogen-bond acceptors (Lipinski definition) is 5. The number of rotatable bonds is 4. The van der Waals surface area contributed by atoms with Crippen LogP contribution in [0.15, 0.2) is 0 Å². The van der Waals surface area contributed by atoms with Gasteiger partial charge in [0.05, 0.1) is 17.8 Å². The molecule has 2 heterocycles. The van der Waals surface area contributed by atoms with Crippen molar-refractivity contribution in [2.45, 2.75) is 66.1 Å². The van der Waals surface area contributed by atoms with E-state index in [4.69, 9.17) is 14.0 Å². The number of aryl methyl sites for hydroxylation is 2. The van der Waals surface area contributed by atoms with Crippen molar-refractivity contribution >= 4 is 12.6 Å². The molecule has 0 bridgehead atoms. The molecule has 0 unspecified atom stereocenters. The fraction of sp³-hybridized carbons (Fsp3) is 0.733. The minimum absolute atomic E-state index is 0.367. The first-order chi connectivity index (χ1) is 9.68. The average Bonchev–Trinajstić information content (AvgIpc) is 2.54. The van der Waals surface area contributed by atoms with Crippen molar-refractivity contribution in [2.24, 2.45) is 0 Å². The van der Waals surface area contributed by atoms with E-state index in [0.717, 1.165) is 23.3 Å². The van der Waals surface area contributed by atoms with Crippen LogP contribution in [0.4, 0.5) is 0 Å². The number of hydrogen-bond donors (Lipinski definition) is 0. The van der Waals surface area contributed by atoms with E-state index in [0.29, 0.717) is 12.6 Å². The van der Waals surface area contributed by atoms with Crippen LogP contribution in [0.3, 0.4) is 0 Å². The number of nitrogens with zero attached hydrogens (tertiary/aromatic N) is 2. The van der Waals surface area contributed by atoms with Gasteiger partial charge < -0.3 is 14.0 Å². The minimum Gasteiger partial charge on any atom is -0.463 e. The fourth-order valence-electron chi connectivity index (χ4n) is 2.25. The molecule has 1 aliphatic rings. The molecule has 0 N–H and O–H groups in total. The minimum atomic E-state index is -0.435. The van der Waals surface area contributed by atoms with Crippen LogP contribution in [-0.2, 0) is 9.31 Å². The largest absolute Gasteiger partial charge is 0.498 e. The van der Waals surface area contributed by atoms with Crippen LogP contribution in [0.1, 0.15) is 52.4 Å². The summed E-state index contributed by atoms with van der Waals surface area (Å²) in [4.78, 5) is 8.84. The summed E-state index contributed by atoms with van der Waals surface area (Å²) in [5, 5.41) is 0. The van der Waals surface area contributed by atoms with E-state index in [1.165, 1.54) is 0 Å². The van der Waals surface area contributed by atoms with Gasteiger partial charge in [0.15, 0.2) is 0 Å².